The van der Waals surface area contributed by atoms with Crippen LogP contribution in [0.5, 0.6) is 0 Å². The molecule has 1 saturated heterocycles. The van der Waals surface area contributed by atoms with E-state index in [1.165, 1.54) is 0 Å². The van der Waals surface area contributed by atoms with Gasteiger partial charge in [0, 0.05) is 0 Å². The van der Waals surface area contributed by atoms with Crippen LogP contribution in [0.25, 0.3) is 0 Å². The van der Waals surface area contributed by atoms with Crippen molar-refractivity contribution in [1.29, 1.82) is 0 Å². The Morgan fingerprint density at radius 2 is 1.46 bits per heavy atom. The van der Waals surface area contributed by atoms with E-state index in [0.29, 0.717) is 24.8 Å². The van der Waals surface area contributed by atoms with E-state index in [9.17, 15) is 14.8 Å². The molecule has 0 saturated carbocycles. The third-order valence-corrected chi connectivity index (χ3v) is 8.37. The zero-order valence-electron chi connectivity index (χ0n) is 14.9. The third kappa shape index (κ3) is 3.46. The number of benzene rings is 2. The van der Waals surface area contributed by atoms with Crippen LogP contribution in [0.2, 0.25) is 0 Å². The van der Waals surface area contributed by atoms with Gasteiger partial charge in [-0.15, -0.1) is 0 Å². The quantitative estimate of drug-likeness (QED) is 0.742. The number of anilines is 2. The van der Waals surface area contributed by atoms with Gasteiger partial charge < -0.3 is 0 Å². The molecule has 2 aromatic carbocycles. The first-order valence-corrected chi connectivity index (χ1v) is 10.7. The van der Waals surface area contributed by atoms with E-state index in [0.717, 1.165) is 11.4 Å². The summed E-state index contributed by atoms with van der Waals surface area (Å²) in [4.78, 5) is 23.5. The van der Waals surface area contributed by atoms with Crippen LogP contribution in [-0.4, -0.2) is 29.1 Å². The van der Waals surface area contributed by atoms with Crippen molar-refractivity contribution in [2.24, 2.45) is 0 Å². The number of para-hydroxylation sites is 2. The Hall–Kier alpha value is -2.36. The second-order valence-electron chi connectivity index (χ2n) is 6.32. The Labute approximate surface area is 154 Å². The summed E-state index contributed by atoms with van der Waals surface area (Å²) in [6.45, 7) is 3.28. The fourth-order valence-electron chi connectivity index (χ4n) is 3.58. The molecule has 6 heteroatoms. The van der Waals surface area contributed by atoms with Crippen LogP contribution in [0.1, 0.15) is 19.8 Å². The van der Waals surface area contributed by atoms with Crippen LogP contribution in [0, 0.1) is 0 Å². The first-order chi connectivity index (χ1) is 12.6. The average molecular weight is 372 g/mol. The Bertz CT molecular complexity index is 733. The summed E-state index contributed by atoms with van der Waals surface area (Å²) in [5.74, 6) is -0.918. The Balaban J connectivity index is 2.12. The molecule has 1 aliphatic rings. The molecular formula is C20H25N2O3P. The van der Waals surface area contributed by atoms with Crippen LogP contribution < -0.4 is 9.34 Å². The van der Waals surface area contributed by atoms with E-state index in [2.05, 4.69) is 0 Å². The number of nitrogens with zero attached hydrogens (tertiary/aromatic N) is 2. The fourth-order valence-corrected chi connectivity index (χ4v) is 7.27. The first kappa shape index (κ1) is 18.4. The molecule has 0 aliphatic carbocycles. The molecule has 2 aromatic rings. The molecule has 0 unspecified atom stereocenters. The van der Waals surface area contributed by atoms with Crippen molar-refractivity contribution in [3.63, 3.8) is 0 Å². The number of allylic oxidation sites excluding steroid dienone is 1. The molecule has 2 N–H and O–H groups in total. The molecular weight excluding hydrogens is 347 g/mol. The van der Waals surface area contributed by atoms with Crippen molar-refractivity contribution in [2.45, 2.75) is 19.8 Å². The van der Waals surface area contributed by atoms with Crippen LogP contribution in [0.3, 0.4) is 0 Å². The summed E-state index contributed by atoms with van der Waals surface area (Å²) in [6.07, 6.45) is 2.42. The number of hydrogen-bond acceptors (Lipinski definition) is 4. The van der Waals surface area contributed by atoms with Crippen LogP contribution in [0.15, 0.2) is 72.1 Å². The van der Waals surface area contributed by atoms with E-state index in [-0.39, 0.29) is 6.42 Å². The van der Waals surface area contributed by atoms with Crippen molar-refractivity contribution in [1.82, 2.24) is 0 Å². The van der Waals surface area contributed by atoms with Crippen LogP contribution in [0.4, 0.5) is 11.4 Å². The summed E-state index contributed by atoms with van der Waals surface area (Å²) >= 11 is 0. The summed E-state index contributed by atoms with van der Waals surface area (Å²) in [6, 6.07) is 19.5. The van der Waals surface area contributed by atoms with Crippen LogP contribution >= 0.6 is 7.79 Å². The van der Waals surface area contributed by atoms with E-state index < -0.39 is 13.8 Å². The van der Waals surface area contributed by atoms with Crippen molar-refractivity contribution >= 4 is 25.1 Å². The second kappa shape index (κ2) is 7.90. The van der Waals surface area contributed by atoms with E-state index in [4.69, 9.17) is 0 Å². The summed E-state index contributed by atoms with van der Waals surface area (Å²) < 4.78 is 4.04. The predicted octanol–water partition coefficient (Wildman–Crippen LogP) is 4.27. The number of carbonyl (C=O) groups is 1. The van der Waals surface area contributed by atoms with Gasteiger partial charge in [-0.25, -0.2) is 0 Å². The van der Waals surface area contributed by atoms with Gasteiger partial charge in [0.05, 0.1) is 0 Å². The zero-order valence-corrected chi connectivity index (χ0v) is 15.9. The molecule has 0 bridgehead atoms. The van der Waals surface area contributed by atoms with Gasteiger partial charge in [0.25, 0.3) is 0 Å². The molecule has 1 heterocycles. The molecule has 0 amide bonds. The van der Waals surface area contributed by atoms with Crippen molar-refractivity contribution in [2.75, 3.05) is 22.4 Å². The molecule has 3 rings (SSSR count). The topological polar surface area (TPSA) is 64.0 Å². The van der Waals surface area contributed by atoms with Gasteiger partial charge in [-0.05, 0) is 0 Å². The number of hydrogen-bond donors (Lipinski definition) is 2. The third-order valence-electron chi connectivity index (χ3n) is 4.66. The van der Waals surface area contributed by atoms with E-state index in [1.807, 2.05) is 83.0 Å². The number of carboxylic acids is 1. The SMILES string of the molecule is CC/C=C(\CC(=O)O)[PH]1(O)N(c2ccccc2)CCN1c1ccccc1. The summed E-state index contributed by atoms with van der Waals surface area (Å²) in [5.41, 5.74) is 1.85. The molecule has 0 atom stereocenters. The zero-order chi connectivity index (χ0) is 18.6. The summed E-state index contributed by atoms with van der Waals surface area (Å²) in [7, 11) is -3.39. The summed E-state index contributed by atoms with van der Waals surface area (Å²) in [5, 5.41) is 10.1. The van der Waals surface area contributed by atoms with Gasteiger partial charge in [0.2, 0.25) is 0 Å². The van der Waals surface area contributed by atoms with Gasteiger partial charge in [0.1, 0.15) is 0 Å². The molecule has 0 spiro atoms. The Kier molecular flexibility index (Phi) is 5.60. The number of aliphatic carboxylic acids is 1. The Morgan fingerprint density at radius 3 is 1.85 bits per heavy atom. The second-order valence-corrected chi connectivity index (χ2v) is 9.31. The van der Waals surface area contributed by atoms with Gasteiger partial charge in [-0.3, -0.25) is 0 Å². The maximum absolute atomic E-state index is 12.0. The molecule has 1 fully saturated rings. The Morgan fingerprint density at radius 1 is 1.00 bits per heavy atom. The molecule has 0 aromatic heterocycles. The van der Waals surface area contributed by atoms with Gasteiger partial charge in [-0.1, -0.05) is 0 Å². The molecule has 0 radical (unpaired) electrons. The predicted molar refractivity (Wildman–Crippen MR) is 109 cm³/mol. The normalized spacial score (nSPS) is 18.0. The first-order valence-electron chi connectivity index (χ1n) is 8.86. The van der Waals surface area contributed by atoms with E-state index in [1.54, 1.807) is 0 Å². The molecule has 138 valence electrons. The average Bonchev–Trinajstić information content (AvgIpc) is 3.01. The fraction of sp³-hybridized carbons (Fsp3) is 0.250. The molecule has 1 aliphatic heterocycles. The monoisotopic (exact) mass is 372 g/mol. The van der Waals surface area contributed by atoms with Crippen molar-refractivity contribution in [3.8, 4) is 0 Å². The number of carboxylic acid groups (broad SMARTS) is 1. The van der Waals surface area contributed by atoms with Crippen LogP contribution in [-0.2, 0) is 4.79 Å². The molecule has 26 heavy (non-hydrogen) atoms. The molecule has 5 nitrogen and oxygen atoms in total. The van der Waals surface area contributed by atoms with Gasteiger partial charge >= 0.3 is 154 Å². The van der Waals surface area contributed by atoms with Crippen molar-refractivity contribution in [3.05, 3.63) is 72.1 Å². The van der Waals surface area contributed by atoms with Crippen molar-refractivity contribution < 1.29 is 14.8 Å². The standard InChI is InChI=1S/C20H25N2O3P/c1-2-9-19(16-20(23)24)26(25)21(17-10-5-3-6-11-17)14-15-22(26)18-12-7-4-8-13-18/h3-13,25-26H,2,14-16H2,1H3,(H,23,24)/b19-9+. The number of rotatable bonds is 6. The minimum absolute atomic E-state index is 0.150. The minimum atomic E-state index is -3.39. The van der Waals surface area contributed by atoms with E-state index >= 15 is 0 Å². The maximum atomic E-state index is 12.0. The van der Waals surface area contributed by atoms with Gasteiger partial charge in [-0.2, -0.15) is 0 Å². The van der Waals surface area contributed by atoms with Gasteiger partial charge in [0.15, 0.2) is 0 Å².